The quantitative estimate of drug-likeness (QED) is 0.0724. The van der Waals surface area contributed by atoms with Gasteiger partial charge in [-0.3, -0.25) is 25.0 Å². The summed E-state index contributed by atoms with van der Waals surface area (Å²) in [7, 11) is 0. The van der Waals surface area contributed by atoms with Crippen molar-refractivity contribution < 1.29 is 24.2 Å². The van der Waals surface area contributed by atoms with E-state index >= 15 is 0 Å². The van der Waals surface area contributed by atoms with Crippen molar-refractivity contribution in [3.63, 3.8) is 0 Å². The van der Waals surface area contributed by atoms with Crippen LogP contribution in [0.4, 0.5) is 4.79 Å². The topological polar surface area (TPSA) is 140 Å². The van der Waals surface area contributed by atoms with Crippen LogP contribution in [0.15, 0.2) is 134 Å². The zero-order chi connectivity index (χ0) is 44.3. The summed E-state index contributed by atoms with van der Waals surface area (Å²) in [6, 6.07) is 37.2. The molecule has 0 saturated carbocycles. The Labute approximate surface area is 369 Å². The van der Waals surface area contributed by atoms with E-state index in [0.29, 0.717) is 38.2 Å². The Kier molecular flexibility index (Phi) is 14.8. The van der Waals surface area contributed by atoms with E-state index in [4.69, 9.17) is 4.74 Å². The maximum Gasteiger partial charge on any atom is 0.321 e. The van der Waals surface area contributed by atoms with E-state index in [-0.39, 0.29) is 37.6 Å². The standard InChI is InChI=1S/C51H57N7O5/c1-5-35(2)48(58-29-28-56(51(58)62)32-41-25-27-53-44-20-10-9-18-42(41)44)50(61)54-45(30-38-16-7-6-8-17-38)46(59)33-57(55-47(60)34-63-49-36(3)14-13-15-37(49)4)31-39-21-23-40(24-22-39)43-19-11-12-26-52-43/h6-27,35,45-46,48,59H,5,28-34H2,1-4H3,(H,54,61)(H,55,60)/t35-,45-,46-,48-/m0/s1. The summed E-state index contributed by atoms with van der Waals surface area (Å²) in [4.78, 5) is 54.8. The lowest BCUT2D eigenvalue weighted by atomic mass is 9.95. The fourth-order valence-corrected chi connectivity index (χ4v) is 8.27. The Hall–Kier alpha value is -6.63. The number of aromatic nitrogens is 2. The van der Waals surface area contributed by atoms with Crippen molar-refractivity contribution in [3.8, 4) is 17.0 Å². The van der Waals surface area contributed by atoms with Gasteiger partial charge in [0.05, 0.1) is 23.4 Å². The molecule has 3 heterocycles. The third-order valence-electron chi connectivity index (χ3n) is 11.8. The monoisotopic (exact) mass is 847 g/mol. The van der Waals surface area contributed by atoms with Crippen LogP contribution in [0.3, 0.4) is 0 Å². The molecule has 63 heavy (non-hydrogen) atoms. The van der Waals surface area contributed by atoms with Crippen LogP contribution >= 0.6 is 0 Å². The molecule has 1 aliphatic rings. The van der Waals surface area contributed by atoms with Crippen molar-refractivity contribution in [3.05, 3.63) is 162 Å². The number of rotatable bonds is 19. The number of aliphatic hydroxyl groups excluding tert-OH is 1. The van der Waals surface area contributed by atoms with Gasteiger partial charge in [0.15, 0.2) is 6.61 Å². The van der Waals surface area contributed by atoms with Crippen molar-refractivity contribution >= 4 is 28.7 Å². The molecule has 326 valence electrons. The van der Waals surface area contributed by atoms with Crippen LogP contribution in [0, 0.1) is 19.8 Å². The molecule has 4 atom stereocenters. The summed E-state index contributed by atoms with van der Waals surface area (Å²) in [5.74, 6) is -0.257. The number of aryl methyl sites for hydroxylation is 2. The number of ether oxygens (including phenoxy) is 1. The van der Waals surface area contributed by atoms with Crippen LogP contribution in [0.25, 0.3) is 22.2 Å². The fraction of sp³-hybridized carbons (Fsp3) is 0.314. The zero-order valence-corrected chi connectivity index (χ0v) is 36.5. The maximum absolute atomic E-state index is 14.7. The second-order valence-electron chi connectivity index (χ2n) is 16.4. The highest BCUT2D eigenvalue weighted by Crippen LogP contribution is 2.26. The Morgan fingerprint density at radius 3 is 2.29 bits per heavy atom. The largest absolute Gasteiger partial charge is 0.483 e. The van der Waals surface area contributed by atoms with Gasteiger partial charge in [-0.2, -0.15) is 0 Å². The number of carbonyl (C=O) groups is 3. The highest BCUT2D eigenvalue weighted by Gasteiger charge is 2.41. The first-order valence-electron chi connectivity index (χ1n) is 21.7. The normalized spacial score (nSPS) is 14.7. The van der Waals surface area contributed by atoms with E-state index in [0.717, 1.165) is 50.0 Å². The average molecular weight is 848 g/mol. The molecule has 3 N–H and O–H groups in total. The molecule has 0 aliphatic carbocycles. The van der Waals surface area contributed by atoms with Gasteiger partial charge in [-0.15, -0.1) is 0 Å². The number of nitrogens with one attached hydrogen (secondary N) is 2. The number of para-hydroxylation sites is 2. The lowest BCUT2D eigenvalue weighted by molar-refractivity contribution is -0.131. The van der Waals surface area contributed by atoms with Crippen molar-refractivity contribution in [2.45, 2.75) is 71.8 Å². The Morgan fingerprint density at radius 1 is 0.825 bits per heavy atom. The number of carbonyl (C=O) groups excluding carboxylic acids is 3. The third-order valence-corrected chi connectivity index (χ3v) is 11.8. The van der Waals surface area contributed by atoms with Gasteiger partial charge in [-0.05, 0) is 78.3 Å². The molecule has 1 fully saturated rings. The summed E-state index contributed by atoms with van der Waals surface area (Å²) in [5, 5.41) is 18.0. The summed E-state index contributed by atoms with van der Waals surface area (Å²) in [6.45, 7) is 9.10. The summed E-state index contributed by atoms with van der Waals surface area (Å²) in [6.07, 6.45) is 3.33. The first-order chi connectivity index (χ1) is 30.6. The highest BCUT2D eigenvalue weighted by molar-refractivity contribution is 5.89. The lowest BCUT2D eigenvalue weighted by Crippen LogP contribution is -2.58. The predicted molar refractivity (Wildman–Crippen MR) is 245 cm³/mol. The van der Waals surface area contributed by atoms with E-state index in [1.165, 1.54) is 0 Å². The number of hydrogen-bond donors (Lipinski definition) is 3. The number of fused-ring (bicyclic) bond motifs is 1. The number of aliphatic hydroxyl groups is 1. The molecule has 6 aromatic rings. The van der Waals surface area contributed by atoms with E-state index < -0.39 is 24.1 Å². The first kappa shape index (κ1) is 44.4. The molecule has 0 unspecified atom stereocenters. The van der Waals surface area contributed by atoms with Crippen molar-refractivity contribution in [1.82, 2.24) is 35.5 Å². The smallest absolute Gasteiger partial charge is 0.321 e. The van der Waals surface area contributed by atoms with Gasteiger partial charge in [0.2, 0.25) is 5.91 Å². The predicted octanol–water partition coefficient (Wildman–Crippen LogP) is 7.27. The van der Waals surface area contributed by atoms with Crippen molar-refractivity contribution in [2.24, 2.45) is 5.92 Å². The summed E-state index contributed by atoms with van der Waals surface area (Å²) < 4.78 is 6.00. The minimum atomic E-state index is -1.15. The number of nitrogens with zero attached hydrogens (tertiary/aromatic N) is 5. The number of benzene rings is 4. The van der Waals surface area contributed by atoms with Crippen LogP contribution in [0.1, 0.15) is 48.1 Å². The molecule has 12 heteroatoms. The third kappa shape index (κ3) is 11.3. The molecule has 0 radical (unpaired) electrons. The fourth-order valence-electron chi connectivity index (χ4n) is 8.27. The van der Waals surface area contributed by atoms with Crippen LogP contribution < -0.4 is 15.5 Å². The molecule has 1 aliphatic heterocycles. The van der Waals surface area contributed by atoms with Crippen molar-refractivity contribution in [1.29, 1.82) is 0 Å². The van der Waals surface area contributed by atoms with E-state index in [9.17, 15) is 19.5 Å². The van der Waals surface area contributed by atoms with Gasteiger partial charge in [0.1, 0.15) is 11.8 Å². The van der Waals surface area contributed by atoms with Gasteiger partial charge in [-0.1, -0.05) is 117 Å². The molecule has 12 nitrogen and oxygen atoms in total. The Balaban J connectivity index is 1.10. The number of pyridine rings is 2. The molecule has 4 aromatic carbocycles. The SMILES string of the molecule is CC[C@H](C)[C@@H](C(=O)N[C@@H](Cc1ccccc1)[C@@H](O)CN(Cc1ccc(-c2ccccn2)cc1)NC(=O)COc1c(C)cccc1C)N1CCN(Cc2ccnc3ccccc23)C1=O. The Bertz CT molecular complexity index is 2440. The Morgan fingerprint density at radius 2 is 1.56 bits per heavy atom. The van der Waals surface area contributed by atoms with E-state index in [1.54, 1.807) is 27.2 Å². The van der Waals surface area contributed by atoms with Crippen molar-refractivity contribution in [2.75, 3.05) is 26.2 Å². The summed E-state index contributed by atoms with van der Waals surface area (Å²) >= 11 is 0. The van der Waals surface area contributed by atoms with Gasteiger partial charge < -0.3 is 25.0 Å². The average Bonchev–Trinajstić information content (AvgIpc) is 3.64. The van der Waals surface area contributed by atoms with Gasteiger partial charge in [0.25, 0.3) is 5.91 Å². The second kappa shape index (κ2) is 21.0. The molecular weight excluding hydrogens is 791 g/mol. The molecule has 2 aromatic heterocycles. The number of amides is 4. The maximum atomic E-state index is 14.7. The number of urea groups is 1. The molecule has 1 saturated heterocycles. The van der Waals surface area contributed by atoms with E-state index in [2.05, 4.69) is 20.7 Å². The van der Waals surface area contributed by atoms with Crippen LogP contribution in [0.2, 0.25) is 0 Å². The minimum absolute atomic E-state index is 0.0286. The second-order valence-corrected chi connectivity index (χ2v) is 16.4. The van der Waals surface area contributed by atoms with Gasteiger partial charge in [-0.25, -0.2) is 9.80 Å². The molecule has 0 spiro atoms. The molecule has 4 amide bonds. The van der Waals surface area contributed by atoms with Gasteiger partial charge >= 0.3 is 6.03 Å². The van der Waals surface area contributed by atoms with Crippen LogP contribution in [-0.2, 0) is 29.1 Å². The highest BCUT2D eigenvalue weighted by atomic mass is 16.5. The lowest BCUT2D eigenvalue weighted by Gasteiger charge is -2.35. The minimum Gasteiger partial charge on any atom is -0.483 e. The number of hydrogen-bond acceptors (Lipinski definition) is 8. The van der Waals surface area contributed by atoms with Crippen LogP contribution in [0.5, 0.6) is 5.75 Å². The molecular formula is C51H57N7O5. The first-order valence-corrected chi connectivity index (χ1v) is 21.7. The van der Waals surface area contributed by atoms with Gasteiger partial charge in [0, 0.05) is 56.1 Å². The summed E-state index contributed by atoms with van der Waals surface area (Å²) in [5.41, 5.74) is 10.3. The molecule has 7 rings (SSSR count). The molecule has 0 bridgehead atoms. The van der Waals surface area contributed by atoms with E-state index in [1.807, 2.05) is 149 Å². The van der Waals surface area contributed by atoms with Crippen LogP contribution in [-0.4, -0.2) is 92.2 Å². The number of hydrazine groups is 1. The zero-order valence-electron chi connectivity index (χ0n) is 36.5.